The van der Waals surface area contributed by atoms with E-state index in [1.807, 2.05) is 0 Å². The second-order valence-electron chi connectivity index (χ2n) is 7.31. The topological polar surface area (TPSA) is 85.4 Å². The van der Waals surface area contributed by atoms with Crippen LogP contribution in [0.3, 0.4) is 0 Å². The first-order chi connectivity index (χ1) is 12.9. The van der Waals surface area contributed by atoms with Crippen LogP contribution in [0, 0.1) is 11.2 Å². The summed E-state index contributed by atoms with van der Waals surface area (Å²) in [5.41, 5.74) is 6.67. The highest BCUT2D eigenvalue weighted by molar-refractivity contribution is 6.69. The van der Waals surface area contributed by atoms with E-state index < -0.39 is 5.82 Å². The van der Waals surface area contributed by atoms with Gasteiger partial charge in [-0.25, -0.2) is 14.4 Å². The lowest BCUT2D eigenvalue weighted by molar-refractivity contribution is -0.163. The van der Waals surface area contributed by atoms with Crippen LogP contribution in [0.25, 0.3) is 10.9 Å². The third-order valence-electron chi connectivity index (χ3n) is 5.16. The predicted octanol–water partition coefficient (Wildman–Crippen LogP) is 3.84. The molecule has 0 radical (unpaired) electrons. The number of benzene rings is 1. The van der Waals surface area contributed by atoms with Gasteiger partial charge in [0.25, 0.3) is 0 Å². The Morgan fingerprint density at radius 2 is 2.19 bits per heavy atom. The second kappa shape index (κ2) is 6.58. The van der Waals surface area contributed by atoms with Crippen LogP contribution >= 0.6 is 23.2 Å². The molecule has 3 fully saturated rings. The predicted molar refractivity (Wildman–Crippen MR) is 105 cm³/mol. The summed E-state index contributed by atoms with van der Waals surface area (Å²) in [6, 6.07) is 2.73. The molecule has 0 saturated heterocycles. The van der Waals surface area contributed by atoms with Crippen LogP contribution in [0.2, 0.25) is 5.02 Å². The molecule has 3 N–H and O–H groups in total. The van der Waals surface area contributed by atoms with Crippen LogP contribution in [-0.4, -0.2) is 34.4 Å². The number of halogens is 3. The van der Waals surface area contributed by atoms with Crippen molar-refractivity contribution < 1.29 is 9.13 Å². The number of aliphatic imine (C=N–C) groups is 1. The summed E-state index contributed by atoms with van der Waals surface area (Å²) in [5.74, 6) is -0.306. The molecular formula is C18H18Cl2FN5O. The second-order valence-corrected chi connectivity index (χ2v) is 8.08. The van der Waals surface area contributed by atoms with Gasteiger partial charge in [0.1, 0.15) is 11.0 Å². The fraction of sp³-hybridized carbons (Fsp3) is 0.389. The average molecular weight is 410 g/mol. The van der Waals surface area contributed by atoms with E-state index in [4.69, 9.17) is 33.7 Å². The molecule has 1 aromatic heterocycles. The number of hydrogen-bond donors (Lipinski definition) is 2. The molecule has 1 aromatic carbocycles. The first-order valence-electron chi connectivity index (χ1n) is 8.43. The number of nitrogens with zero attached hydrogens (tertiary/aromatic N) is 3. The van der Waals surface area contributed by atoms with Gasteiger partial charge in [-0.05, 0) is 25.3 Å². The maximum atomic E-state index is 13.7. The Labute approximate surface area is 165 Å². The molecule has 3 saturated carbocycles. The largest absolute Gasteiger partial charge is 0.403 e. The molecule has 2 aromatic rings. The number of methoxy groups -OCH3 is 1. The van der Waals surface area contributed by atoms with Crippen molar-refractivity contribution in [3.63, 3.8) is 0 Å². The van der Waals surface area contributed by atoms with Crippen molar-refractivity contribution in [3.8, 4) is 0 Å². The first kappa shape index (κ1) is 18.4. The Balaban J connectivity index is 1.50. The van der Waals surface area contributed by atoms with Crippen molar-refractivity contribution in [2.75, 3.05) is 19.0 Å². The Kier molecular flexibility index (Phi) is 4.49. The molecule has 27 heavy (non-hydrogen) atoms. The number of rotatable bonds is 6. The molecule has 3 aliphatic rings. The molecule has 0 unspecified atom stereocenters. The van der Waals surface area contributed by atoms with E-state index in [1.165, 1.54) is 18.3 Å². The van der Waals surface area contributed by atoms with Gasteiger partial charge in [-0.2, -0.15) is 0 Å². The molecular weight excluding hydrogens is 392 g/mol. The zero-order valence-corrected chi connectivity index (χ0v) is 16.1. The number of fused-ring (bicyclic) bond motifs is 1. The molecule has 5 rings (SSSR count). The summed E-state index contributed by atoms with van der Waals surface area (Å²) in [4.78, 5) is 13.1. The van der Waals surface area contributed by atoms with E-state index in [0.717, 1.165) is 25.9 Å². The Morgan fingerprint density at radius 1 is 1.44 bits per heavy atom. The standard InChI is InChI=1S/C18H18Cl2FN5O/c1-27-9-17-6-18(7-17,8-17)26-15(20)14(4-22)25-16-23-5-10-2-11(19)12(21)3-13(10)24-16/h2-5H,6-9,22H2,1H3,(H,23,24,25). The number of allylic oxidation sites excluding steroid dienone is 1. The van der Waals surface area contributed by atoms with Crippen LogP contribution < -0.4 is 11.1 Å². The van der Waals surface area contributed by atoms with Crippen molar-refractivity contribution in [3.05, 3.63) is 41.1 Å². The molecule has 0 amide bonds. The minimum atomic E-state index is -0.545. The van der Waals surface area contributed by atoms with E-state index in [-0.39, 0.29) is 27.1 Å². The summed E-state index contributed by atoms with van der Waals surface area (Å²) in [6.07, 6.45) is 5.76. The lowest BCUT2D eigenvalue weighted by Gasteiger charge is -2.68. The Bertz CT molecular complexity index is 958. The summed E-state index contributed by atoms with van der Waals surface area (Å²) in [6.45, 7) is 0.755. The van der Waals surface area contributed by atoms with Crippen LogP contribution in [-0.2, 0) is 4.74 Å². The lowest BCUT2D eigenvalue weighted by Crippen LogP contribution is -2.67. The summed E-state index contributed by atoms with van der Waals surface area (Å²) in [5, 5.41) is 3.87. The van der Waals surface area contributed by atoms with Crippen molar-refractivity contribution >= 4 is 45.2 Å². The average Bonchev–Trinajstić information content (AvgIpc) is 2.57. The van der Waals surface area contributed by atoms with Gasteiger partial charge >= 0.3 is 0 Å². The summed E-state index contributed by atoms with van der Waals surface area (Å²) >= 11 is 12.2. The van der Waals surface area contributed by atoms with E-state index in [9.17, 15) is 4.39 Å². The number of nitrogens with two attached hydrogens (primary N) is 1. The smallest absolute Gasteiger partial charge is 0.227 e. The third-order valence-corrected chi connectivity index (χ3v) is 5.73. The first-order valence-corrected chi connectivity index (χ1v) is 9.19. The number of aromatic nitrogens is 2. The SMILES string of the molecule is COCC12CC(N=C(Cl)C(=CN)Nc3ncc4cc(Cl)c(F)cc4n3)(C1)C2. The molecule has 142 valence electrons. The van der Waals surface area contributed by atoms with E-state index in [2.05, 4.69) is 20.3 Å². The number of hydrogen-bond acceptors (Lipinski definition) is 6. The summed E-state index contributed by atoms with van der Waals surface area (Å²) < 4.78 is 18.9. The normalized spacial score (nSPS) is 27.3. The molecule has 1 heterocycles. The van der Waals surface area contributed by atoms with Gasteiger partial charge < -0.3 is 15.8 Å². The zero-order chi connectivity index (χ0) is 19.2. The van der Waals surface area contributed by atoms with Gasteiger partial charge in [-0.15, -0.1) is 0 Å². The Hall–Kier alpha value is -1.96. The van der Waals surface area contributed by atoms with E-state index in [1.54, 1.807) is 13.3 Å². The molecule has 0 atom stereocenters. The van der Waals surface area contributed by atoms with Gasteiger partial charge in [-0.1, -0.05) is 23.2 Å². The van der Waals surface area contributed by atoms with E-state index in [0.29, 0.717) is 16.6 Å². The molecule has 0 aliphatic heterocycles. The maximum absolute atomic E-state index is 13.7. The van der Waals surface area contributed by atoms with E-state index >= 15 is 0 Å². The molecule has 0 spiro atoms. The van der Waals surface area contributed by atoms with Crippen molar-refractivity contribution in [1.82, 2.24) is 9.97 Å². The number of anilines is 1. The third kappa shape index (κ3) is 3.24. The van der Waals surface area contributed by atoms with Crippen molar-refractivity contribution in [1.29, 1.82) is 0 Å². The van der Waals surface area contributed by atoms with Crippen LogP contribution in [0.15, 0.2) is 35.2 Å². The number of ether oxygens (including phenoxy) is 1. The molecule has 6 nitrogen and oxygen atoms in total. The van der Waals surface area contributed by atoms with Gasteiger partial charge in [0.2, 0.25) is 5.95 Å². The molecule has 2 bridgehead atoms. The highest BCUT2D eigenvalue weighted by Gasteiger charge is 2.68. The fourth-order valence-corrected chi connectivity index (χ4v) is 4.61. The summed E-state index contributed by atoms with van der Waals surface area (Å²) in [7, 11) is 1.71. The zero-order valence-electron chi connectivity index (χ0n) is 14.6. The molecule has 9 heteroatoms. The van der Waals surface area contributed by atoms with Crippen LogP contribution in [0.5, 0.6) is 0 Å². The van der Waals surface area contributed by atoms with Gasteiger partial charge in [-0.3, -0.25) is 4.99 Å². The minimum Gasteiger partial charge on any atom is -0.403 e. The Morgan fingerprint density at radius 3 is 2.85 bits per heavy atom. The van der Waals surface area contributed by atoms with Gasteiger partial charge in [0, 0.05) is 36.4 Å². The highest BCUT2D eigenvalue weighted by Crippen LogP contribution is 2.69. The van der Waals surface area contributed by atoms with Crippen LogP contribution in [0.4, 0.5) is 10.3 Å². The maximum Gasteiger partial charge on any atom is 0.227 e. The van der Waals surface area contributed by atoms with Gasteiger partial charge in [0.15, 0.2) is 0 Å². The monoisotopic (exact) mass is 409 g/mol. The van der Waals surface area contributed by atoms with Gasteiger partial charge in [0.05, 0.1) is 28.4 Å². The molecule has 3 aliphatic carbocycles. The van der Waals surface area contributed by atoms with Crippen molar-refractivity contribution in [2.24, 2.45) is 16.1 Å². The quantitative estimate of drug-likeness (QED) is 0.707. The van der Waals surface area contributed by atoms with Crippen molar-refractivity contribution in [2.45, 2.75) is 24.8 Å². The van der Waals surface area contributed by atoms with Crippen LogP contribution in [0.1, 0.15) is 19.3 Å². The fourth-order valence-electron chi connectivity index (χ4n) is 4.15. The number of nitrogens with one attached hydrogen (secondary N) is 1. The minimum absolute atomic E-state index is 0.0225. The lowest BCUT2D eigenvalue weighted by atomic mass is 9.40. The highest BCUT2D eigenvalue weighted by atomic mass is 35.5.